The lowest BCUT2D eigenvalue weighted by Crippen LogP contribution is -2.16. The van der Waals surface area contributed by atoms with Gasteiger partial charge < -0.3 is 5.32 Å². The quantitative estimate of drug-likeness (QED) is 0.560. The van der Waals surface area contributed by atoms with Crippen molar-refractivity contribution in [3.05, 3.63) is 81.5 Å². The van der Waals surface area contributed by atoms with E-state index in [1.807, 2.05) is 18.2 Å². The molecule has 26 heavy (non-hydrogen) atoms. The summed E-state index contributed by atoms with van der Waals surface area (Å²) in [6.45, 7) is 0. The molecule has 7 nitrogen and oxygen atoms in total. The van der Waals surface area contributed by atoms with Crippen molar-refractivity contribution in [2.24, 2.45) is 0 Å². The number of nitro benzene ring substituents is 1. The molecule has 0 saturated carbocycles. The van der Waals surface area contributed by atoms with Gasteiger partial charge in [0.05, 0.1) is 16.3 Å². The number of carbonyl (C=O) groups excluding carboxylic acids is 1. The second-order valence-corrected chi connectivity index (χ2v) is 6.76. The van der Waals surface area contributed by atoms with Crippen LogP contribution in [0.3, 0.4) is 0 Å². The summed E-state index contributed by atoms with van der Waals surface area (Å²) in [5, 5.41) is 18.4. The fourth-order valence-corrected chi connectivity index (χ4v) is 3.85. The number of hydrogen-bond donors (Lipinski definition) is 1. The molecule has 0 fully saturated rings. The van der Waals surface area contributed by atoms with E-state index >= 15 is 0 Å². The number of carbonyl (C=O) groups is 1. The van der Waals surface area contributed by atoms with E-state index in [0.29, 0.717) is 17.1 Å². The molecule has 3 aromatic rings. The molecule has 0 unspecified atom stereocenters. The molecule has 0 aliphatic carbocycles. The lowest BCUT2D eigenvalue weighted by atomic mass is 10.2. The minimum absolute atomic E-state index is 0.0128. The number of benzene rings is 2. The predicted molar refractivity (Wildman–Crippen MR) is 99.6 cm³/mol. The van der Waals surface area contributed by atoms with Gasteiger partial charge in [0.25, 0.3) is 11.6 Å². The van der Waals surface area contributed by atoms with E-state index in [1.54, 1.807) is 40.7 Å². The van der Waals surface area contributed by atoms with Crippen LogP contribution in [-0.4, -0.2) is 20.6 Å². The fourth-order valence-electron chi connectivity index (χ4n) is 2.81. The highest BCUT2D eigenvalue weighted by molar-refractivity contribution is 7.98. The van der Waals surface area contributed by atoms with Crippen LogP contribution in [0.5, 0.6) is 0 Å². The Balaban J connectivity index is 1.72. The minimum atomic E-state index is -0.443. The largest absolute Gasteiger partial charge is 0.306 e. The molecule has 1 aromatic heterocycles. The third-order valence-corrected chi connectivity index (χ3v) is 5.10. The highest BCUT2D eigenvalue weighted by Gasteiger charge is 2.25. The summed E-state index contributed by atoms with van der Waals surface area (Å²) in [5.74, 6) is 1.96. The zero-order valence-electron chi connectivity index (χ0n) is 13.6. The van der Waals surface area contributed by atoms with Gasteiger partial charge in [0, 0.05) is 34.8 Å². The predicted octanol–water partition coefficient (Wildman–Crippen LogP) is 3.78. The van der Waals surface area contributed by atoms with Crippen molar-refractivity contribution < 1.29 is 9.72 Å². The van der Waals surface area contributed by atoms with Crippen molar-refractivity contribution in [3.8, 4) is 5.69 Å². The maximum Gasteiger partial charge on any atom is 0.269 e. The molecule has 8 heteroatoms. The van der Waals surface area contributed by atoms with Gasteiger partial charge in [-0.05, 0) is 24.3 Å². The molecule has 130 valence electrons. The summed E-state index contributed by atoms with van der Waals surface area (Å²) in [4.78, 5) is 23.0. The molecular formula is C18H14N4O3S. The summed E-state index contributed by atoms with van der Waals surface area (Å²) in [6.07, 6.45) is 0. The normalized spacial score (nSPS) is 12.6. The number of thioether (sulfide) groups is 1. The van der Waals surface area contributed by atoms with Crippen LogP contribution in [0.15, 0.2) is 54.6 Å². The van der Waals surface area contributed by atoms with Crippen LogP contribution in [0.2, 0.25) is 0 Å². The number of aromatic nitrogens is 2. The van der Waals surface area contributed by atoms with E-state index in [4.69, 9.17) is 0 Å². The van der Waals surface area contributed by atoms with Crippen LogP contribution in [-0.2, 0) is 11.5 Å². The van der Waals surface area contributed by atoms with Gasteiger partial charge in [0.2, 0.25) is 0 Å². The standard InChI is InChI=1S/C18H14N4O3S/c23-18(12-4-2-1-3-5-12)19-17-15-10-26-11-16(15)20-21(17)13-6-8-14(9-7-13)22(24)25/h1-9H,10-11H2,(H,19,23). The van der Waals surface area contributed by atoms with Gasteiger partial charge in [-0.1, -0.05) is 18.2 Å². The summed E-state index contributed by atoms with van der Waals surface area (Å²) >= 11 is 1.74. The number of rotatable bonds is 4. The maximum atomic E-state index is 12.6. The Labute approximate surface area is 153 Å². The molecule has 0 radical (unpaired) electrons. The molecule has 0 atom stereocenters. The number of hydrogen-bond acceptors (Lipinski definition) is 5. The third kappa shape index (κ3) is 2.95. The molecule has 1 aliphatic heterocycles. The molecule has 1 amide bonds. The number of anilines is 1. The van der Waals surface area contributed by atoms with Gasteiger partial charge in [0.15, 0.2) is 0 Å². The Morgan fingerprint density at radius 2 is 1.85 bits per heavy atom. The van der Waals surface area contributed by atoms with Crippen molar-refractivity contribution >= 4 is 29.2 Å². The van der Waals surface area contributed by atoms with Gasteiger partial charge in [-0.15, -0.1) is 0 Å². The van der Waals surface area contributed by atoms with Crippen LogP contribution in [0.1, 0.15) is 21.6 Å². The summed E-state index contributed by atoms with van der Waals surface area (Å²) in [5.41, 5.74) is 3.16. The molecule has 0 spiro atoms. The lowest BCUT2D eigenvalue weighted by Gasteiger charge is -2.11. The highest BCUT2D eigenvalue weighted by Crippen LogP contribution is 2.36. The zero-order chi connectivity index (χ0) is 18.1. The molecule has 0 bridgehead atoms. The number of amides is 1. The first-order valence-electron chi connectivity index (χ1n) is 7.93. The molecular weight excluding hydrogens is 352 g/mol. The lowest BCUT2D eigenvalue weighted by molar-refractivity contribution is -0.384. The first-order valence-corrected chi connectivity index (χ1v) is 9.08. The maximum absolute atomic E-state index is 12.6. The Morgan fingerprint density at radius 3 is 2.54 bits per heavy atom. The Kier molecular flexibility index (Phi) is 4.18. The summed E-state index contributed by atoms with van der Waals surface area (Å²) in [6, 6.07) is 15.1. The smallest absolute Gasteiger partial charge is 0.269 e. The minimum Gasteiger partial charge on any atom is -0.306 e. The zero-order valence-corrected chi connectivity index (χ0v) is 14.4. The van der Waals surface area contributed by atoms with Gasteiger partial charge >= 0.3 is 0 Å². The number of non-ortho nitro benzene ring substituents is 1. The van der Waals surface area contributed by atoms with Gasteiger partial charge in [0.1, 0.15) is 5.82 Å². The highest BCUT2D eigenvalue weighted by atomic mass is 32.2. The average molecular weight is 366 g/mol. The Hall–Kier alpha value is -3.13. The first kappa shape index (κ1) is 16.3. The van der Waals surface area contributed by atoms with Gasteiger partial charge in [-0.3, -0.25) is 14.9 Å². The van der Waals surface area contributed by atoms with E-state index in [0.717, 1.165) is 22.8 Å². The van der Waals surface area contributed by atoms with Gasteiger partial charge in [-0.25, -0.2) is 4.68 Å². The van der Waals surface area contributed by atoms with E-state index < -0.39 is 4.92 Å². The van der Waals surface area contributed by atoms with E-state index in [9.17, 15) is 14.9 Å². The third-order valence-electron chi connectivity index (χ3n) is 4.12. The van der Waals surface area contributed by atoms with E-state index in [1.165, 1.54) is 12.1 Å². The van der Waals surface area contributed by atoms with Crippen LogP contribution in [0.25, 0.3) is 5.69 Å². The number of nitrogens with one attached hydrogen (secondary N) is 1. The Bertz CT molecular complexity index is 984. The fraction of sp³-hybridized carbons (Fsp3) is 0.111. The number of nitrogens with zero attached hydrogens (tertiary/aromatic N) is 3. The second kappa shape index (κ2) is 6.64. The van der Waals surface area contributed by atoms with Crippen molar-refractivity contribution in [1.82, 2.24) is 9.78 Å². The summed E-state index contributed by atoms with van der Waals surface area (Å²) < 4.78 is 1.65. The average Bonchev–Trinajstić information content (AvgIpc) is 3.25. The Morgan fingerprint density at radius 1 is 1.12 bits per heavy atom. The van der Waals surface area contributed by atoms with Crippen LogP contribution in [0.4, 0.5) is 11.5 Å². The molecule has 2 heterocycles. The van der Waals surface area contributed by atoms with Crippen molar-refractivity contribution in [2.75, 3.05) is 5.32 Å². The van der Waals surface area contributed by atoms with E-state index in [2.05, 4.69) is 10.4 Å². The molecule has 0 saturated heterocycles. The molecule has 1 N–H and O–H groups in total. The first-order chi connectivity index (χ1) is 12.6. The number of fused-ring (bicyclic) bond motifs is 1. The van der Waals surface area contributed by atoms with Crippen LogP contribution >= 0.6 is 11.8 Å². The second-order valence-electron chi connectivity index (χ2n) is 5.77. The van der Waals surface area contributed by atoms with Crippen LogP contribution in [0, 0.1) is 10.1 Å². The molecule has 4 rings (SSSR count). The number of nitro groups is 1. The van der Waals surface area contributed by atoms with Crippen molar-refractivity contribution in [3.63, 3.8) is 0 Å². The van der Waals surface area contributed by atoms with Gasteiger partial charge in [-0.2, -0.15) is 16.9 Å². The topological polar surface area (TPSA) is 90.1 Å². The monoisotopic (exact) mass is 366 g/mol. The SMILES string of the molecule is O=C(Nc1c2c(nn1-c1ccc([N+](=O)[O-])cc1)CSC2)c1ccccc1. The summed E-state index contributed by atoms with van der Waals surface area (Å²) in [7, 11) is 0. The van der Waals surface area contributed by atoms with Crippen LogP contribution < -0.4 is 5.32 Å². The molecule has 1 aliphatic rings. The van der Waals surface area contributed by atoms with Crippen molar-refractivity contribution in [1.29, 1.82) is 0 Å². The van der Waals surface area contributed by atoms with Crippen molar-refractivity contribution in [2.45, 2.75) is 11.5 Å². The molecule has 2 aromatic carbocycles. The van der Waals surface area contributed by atoms with E-state index in [-0.39, 0.29) is 11.6 Å².